The minimum atomic E-state index is 0.0807. The van der Waals surface area contributed by atoms with Gasteiger partial charge in [-0.15, -0.1) is 0 Å². The predicted octanol–water partition coefficient (Wildman–Crippen LogP) is 2.20. The molecular formula is C17H24N2O2. The molecule has 0 bridgehead atoms. The van der Waals surface area contributed by atoms with Crippen LogP contribution in [0.5, 0.6) is 5.75 Å². The van der Waals surface area contributed by atoms with E-state index in [9.17, 15) is 4.79 Å². The lowest BCUT2D eigenvalue weighted by atomic mass is 9.78. The number of carbonyl (C=O) groups is 1. The summed E-state index contributed by atoms with van der Waals surface area (Å²) in [5.74, 6) is 1.79. The van der Waals surface area contributed by atoms with Crippen LogP contribution in [0.2, 0.25) is 0 Å². The van der Waals surface area contributed by atoms with Gasteiger partial charge in [0.05, 0.1) is 12.7 Å². The van der Waals surface area contributed by atoms with Crippen molar-refractivity contribution in [2.45, 2.75) is 32.2 Å². The smallest absolute Gasteiger partial charge is 0.257 e. The van der Waals surface area contributed by atoms with Gasteiger partial charge in [0.15, 0.2) is 0 Å². The van der Waals surface area contributed by atoms with Crippen LogP contribution in [0.25, 0.3) is 0 Å². The Morgan fingerprint density at radius 1 is 1.33 bits per heavy atom. The molecule has 1 saturated carbocycles. The van der Waals surface area contributed by atoms with Gasteiger partial charge in [0.1, 0.15) is 5.75 Å². The Morgan fingerprint density at radius 2 is 2.14 bits per heavy atom. The maximum atomic E-state index is 12.8. The van der Waals surface area contributed by atoms with Crippen molar-refractivity contribution in [1.82, 2.24) is 4.90 Å². The standard InChI is InChI=1S/C17H24N2O2/c1-11-6-7-16(21-2)13(8-11)17(20)19-9-12-4-3-5-15(18)14(12)10-19/h6-8,12,14-15H,3-5,9-10,18H2,1-2H3. The third-order valence-corrected chi connectivity index (χ3v) is 5.03. The highest BCUT2D eigenvalue weighted by Gasteiger charge is 2.40. The molecule has 0 aromatic heterocycles. The molecule has 1 aromatic rings. The number of methoxy groups -OCH3 is 1. The Labute approximate surface area is 126 Å². The van der Waals surface area contributed by atoms with Gasteiger partial charge in [-0.1, -0.05) is 18.1 Å². The molecule has 3 atom stereocenters. The van der Waals surface area contributed by atoms with E-state index in [2.05, 4.69) is 0 Å². The van der Waals surface area contributed by atoms with Gasteiger partial charge in [-0.25, -0.2) is 0 Å². The molecule has 3 rings (SSSR count). The molecule has 0 spiro atoms. The second-order valence-electron chi connectivity index (χ2n) is 6.43. The van der Waals surface area contributed by atoms with Crippen LogP contribution in [0.1, 0.15) is 35.2 Å². The van der Waals surface area contributed by atoms with Crippen LogP contribution in [0.4, 0.5) is 0 Å². The fourth-order valence-electron chi connectivity index (χ4n) is 3.84. The topological polar surface area (TPSA) is 55.6 Å². The van der Waals surface area contributed by atoms with Crippen LogP contribution in [0.15, 0.2) is 18.2 Å². The zero-order valence-corrected chi connectivity index (χ0v) is 12.8. The average Bonchev–Trinajstić information content (AvgIpc) is 2.92. The van der Waals surface area contributed by atoms with Crippen LogP contribution >= 0.6 is 0 Å². The molecule has 1 heterocycles. The van der Waals surface area contributed by atoms with Gasteiger partial charge in [-0.2, -0.15) is 0 Å². The minimum absolute atomic E-state index is 0.0807. The molecule has 21 heavy (non-hydrogen) atoms. The van der Waals surface area contributed by atoms with Crippen LogP contribution in [-0.2, 0) is 0 Å². The number of nitrogens with zero attached hydrogens (tertiary/aromatic N) is 1. The highest BCUT2D eigenvalue weighted by atomic mass is 16.5. The van der Waals surface area contributed by atoms with Gasteiger partial charge < -0.3 is 15.4 Å². The average molecular weight is 288 g/mol. The number of fused-ring (bicyclic) bond motifs is 1. The van der Waals surface area contributed by atoms with E-state index in [4.69, 9.17) is 10.5 Å². The maximum Gasteiger partial charge on any atom is 0.257 e. The van der Waals surface area contributed by atoms with Crippen LogP contribution < -0.4 is 10.5 Å². The second kappa shape index (κ2) is 5.68. The van der Waals surface area contributed by atoms with Crippen molar-refractivity contribution in [3.63, 3.8) is 0 Å². The molecule has 4 heteroatoms. The summed E-state index contributed by atoms with van der Waals surface area (Å²) in [6, 6.07) is 6.01. The lowest BCUT2D eigenvalue weighted by molar-refractivity contribution is 0.0780. The first kappa shape index (κ1) is 14.4. The largest absolute Gasteiger partial charge is 0.496 e. The zero-order chi connectivity index (χ0) is 15.0. The summed E-state index contributed by atoms with van der Waals surface area (Å²) in [5.41, 5.74) is 7.99. The molecule has 1 amide bonds. The fraction of sp³-hybridized carbons (Fsp3) is 0.588. The van der Waals surface area contributed by atoms with E-state index in [0.717, 1.165) is 25.1 Å². The lowest BCUT2D eigenvalue weighted by Gasteiger charge is -2.29. The number of carbonyl (C=O) groups excluding carboxylic acids is 1. The summed E-state index contributed by atoms with van der Waals surface area (Å²) >= 11 is 0. The Kier molecular flexibility index (Phi) is 3.89. The SMILES string of the molecule is COc1ccc(C)cc1C(=O)N1CC2CCCC(N)C2C1. The number of amides is 1. The number of rotatable bonds is 2. The number of ether oxygens (including phenoxy) is 1. The Hall–Kier alpha value is -1.55. The van der Waals surface area contributed by atoms with E-state index < -0.39 is 0 Å². The van der Waals surface area contributed by atoms with Crippen molar-refractivity contribution in [2.75, 3.05) is 20.2 Å². The minimum Gasteiger partial charge on any atom is -0.496 e. The molecule has 3 unspecified atom stereocenters. The molecule has 0 radical (unpaired) electrons. The number of likely N-dealkylation sites (tertiary alicyclic amines) is 1. The van der Waals surface area contributed by atoms with Crippen molar-refractivity contribution in [2.24, 2.45) is 17.6 Å². The van der Waals surface area contributed by atoms with Gasteiger partial charge in [-0.3, -0.25) is 4.79 Å². The van der Waals surface area contributed by atoms with Crippen molar-refractivity contribution in [3.05, 3.63) is 29.3 Å². The molecule has 1 saturated heterocycles. The molecule has 2 aliphatic rings. The summed E-state index contributed by atoms with van der Waals surface area (Å²) in [6.45, 7) is 3.63. The third kappa shape index (κ3) is 2.64. The first-order valence-electron chi connectivity index (χ1n) is 7.79. The molecule has 114 valence electrons. The van der Waals surface area contributed by atoms with E-state index in [1.54, 1.807) is 7.11 Å². The van der Waals surface area contributed by atoms with Gasteiger partial charge in [0.25, 0.3) is 5.91 Å². The normalized spacial score (nSPS) is 28.3. The van der Waals surface area contributed by atoms with Crippen molar-refractivity contribution < 1.29 is 9.53 Å². The first-order chi connectivity index (χ1) is 10.1. The quantitative estimate of drug-likeness (QED) is 0.907. The van der Waals surface area contributed by atoms with E-state index >= 15 is 0 Å². The first-order valence-corrected chi connectivity index (χ1v) is 7.79. The molecule has 2 N–H and O–H groups in total. The number of hydrogen-bond acceptors (Lipinski definition) is 3. The Balaban J connectivity index is 1.82. The predicted molar refractivity (Wildman–Crippen MR) is 82.4 cm³/mol. The van der Waals surface area contributed by atoms with Crippen molar-refractivity contribution in [3.8, 4) is 5.75 Å². The van der Waals surface area contributed by atoms with E-state index in [-0.39, 0.29) is 11.9 Å². The molecule has 4 nitrogen and oxygen atoms in total. The summed E-state index contributed by atoms with van der Waals surface area (Å²) in [4.78, 5) is 14.8. The fourth-order valence-corrected chi connectivity index (χ4v) is 3.84. The van der Waals surface area contributed by atoms with Gasteiger partial charge in [0.2, 0.25) is 0 Å². The highest BCUT2D eigenvalue weighted by Crippen LogP contribution is 2.36. The molecule has 1 aliphatic heterocycles. The molecule has 1 aliphatic carbocycles. The maximum absolute atomic E-state index is 12.8. The Bertz CT molecular complexity index is 544. The zero-order valence-electron chi connectivity index (χ0n) is 12.8. The number of aryl methyl sites for hydroxylation is 1. The van der Waals surface area contributed by atoms with Crippen LogP contribution in [0, 0.1) is 18.8 Å². The number of benzene rings is 1. The summed E-state index contributed by atoms with van der Waals surface area (Å²) in [5, 5.41) is 0. The van der Waals surface area contributed by atoms with Gasteiger partial charge >= 0.3 is 0 Å². The summed E-state index contributed by atoms with van der Waals surface area (Å²) in [7, 11) is 1.61. The van der Waals surface area contributed by atoms with E-state index in [1.807, 2.05) is 30.0 Å². The second-order valence-corrected chi connectivity index (χ2v) is 6.43. The van der Waals surface area contributed by atoms with Crippen LogP contribution in [-0.4, -0.2) is 37.0 Å². The summed E-state index contributed by atoms with van der Waals surface area (Å²) < 4.78 is 5.35. The lowest BCUT2D eigenvalue weighted by Crippen LogP contribution is -2.38. The van der Waals surface area contributed by atoms with Gasteiger partial charge in [0, 0.05) is 19.1 Å². The molecular weight excluding hydrogens is 264 g/mol. The van der Waals surface area contributed by atoms with E-state index in [0.29, 0.717) is 23.1 Å². The van der Waals surface area contributed by atoms with Crippen molar-refractivity contribution >= 4 is 5.91 Å². The van der Waals surface area contributed by atoms with Crippen LogP contribution in [0.3, 0.4) is 0 Å². The van der Waals surface area contributed by atoms with E-state index in [1.165, 1.54) is 12.8 Å². The molecule has 1 aromatic carbocycles. The van der Waals surface area contributed by atoms with Gasteiger partial charge in [-0.05, 0) is 43.7 Å². The third-order valence-electron chi connectivity index (χ3n) is 5.03. The van der Waals surface area contributed by atoms with Crippen molar-refractivity contribution in [1.29, 1.82) is 0 Å². The number of nitrogens with two attached hydrogens (primary N) is 1. The molecule has 2 fully saturated rings. The number of hydrogen-bond donors (Lipinski definition) is 1. The monoisotopic (exact) mass is 288 g/mol. The highest BCUT2D eigenvalue weighted by molar-refractivity contribution is 5.97. The summed E-state index contributed by atoms with van der Waals surface area (Å²) in [6.07, 6.45) is 3.49. The Morgan fingerprint density at radius 3 is 2.86 bits per heavy atom.